The van der Waals surface area contributed by atoms with Gasteiger partial charge in [-0.1, -0.05) is 6.07 Å². The van der Waals surface area contributed by atoms with Gasteiger partial charge in [-0.15, -0.1) is 0 Å². The number of methoxy groups -OCH3 is 2. The molecule has 0 aliphatic heterocycles. The van der Waals surface area contributed by atoms with Crippen molar-refractivity contribution in [3.8, 4) is 5.75 Å². The first kappa shape index (κ1) is 15.3. The van der Waals surface area contributed by atoms with Crippen molar-refractivity contribution in [2.45, 2.75) is 50.0 Å². The molecule has 22 heavy (non-hydrogen) atoms. The van der Waals surface area contributed by atoms with E-state index < -0.39 is 5.41 Å². The Morgan fingerprint density at radius 1 is 1.18 bits per heavy atom. The maximum absolute atomic E-state index is 12.3. The summed E-state index contributed by atoms with van der Waals surface area (Å²) >= 11 is 0. The Balaban J connectivity index is 2.04. The minimum absolute atomic E-state index is 0.161. The summed E-state index contributed by atoms with van der Waals surface area (Å²) in [5.74, 6) is 0.630. The van der Waals surface area contributed by atoms with Crippen molar-refractivity contribution in [2.75, 3.05) is 20.8 Å². The lowest BCUT2D eigenvalue weighted by molar-refractivity contribution is -0.143. The van der Waals surface area contributed by atoms with Crippen LogP contribution in [0.1, 0.15) is 50.2 Å². The molecule has 0 atom stereocenters. The van der Waals surface area contributed by atoms with Gasteiger partial charge in [-0.2, -0.15) is 0 Å². The molecule has 2 aliphatic carbocycles. The van der Waals surface area contributed by atoms with E-state index in [1.54, 1.807) is 7.11 Å². The Morgan fingerprint density at radius 3 is 2.36 bits per heavy atom. The number of hydrogen-bond donors (Lipinski definition) is 0. The lowest BCUT2D eigenvalue weighted by atomic mass is 9.74. The molecular weight excluding hydrogens is 280 g/mol. The first-order valence-electron chi connectivity index (χ1n) is 8.03. The van der Waals surface area contributed by atoms with Crippen LogP contribution in [0.4, 0.5) is 0 Å². The third-order valence-corrected chi connectivity index (χ3v) is 5.20. The van der Waals surface area contributed by atoms with Gasteiger partial charge in [0.1, 0.15) is 5.75 Å². The van der Waals surface area contributed by atoms with E-state index in [2.05, 4.69) is 12.1 Å². The van der Waals surface area contributed by atoms with Crippen LogP contribution in [-0.4, -0.2) is 26.8 Å². The van der Waals surface area contributed by atoms with E-state index in [4.69, 9.17) is 14.2 Å². The molecule has 0 unspecified atom stereocenters. The Labute approximate surface area is 131 Å². The number of carbonyl (C=O) groups excluding carboxylic acids is 1. The predicted molar refractivity (Wildman–Crippen MR) is 83.1 cm³/mol. The first-order valence-corrected chi connectivity index (χ1v) is 8.03. The number of esters is 1. The summed E-state index contributed by atoms with van der Waals surface area (Å²) in [5, 5.41) is 0. The van der Waals surface area contributed by atoms with Crippen molar-refractivity contribution in [3.05, 3.63) is 29.3 Å². The zero-order chi connectivity index (χ0) is 15.8. The van der Waals surface area contributed by atoms with Gasteiger partial charge in [0.15, 0.2) is 0 Å². The van der Waals surface area contributed by atoms with Crippen LogP contribution in [0.15, 0.2) is 18.2 Å². The summed E-state index contributed by atoms with van der Waals surface area (Å²) in [4.78, 5) is 12.3. The summed E-state index contributed by atoms with van der Waals surface area (Å²) in [5.41, 5.74) is 1.40. The molecule has 4 nitrogen and oxygen atoms in total. The van der Waals surface area contributed by atoms with Crippen LogP contribution < -0.4 is 4.74 Å². The van der Waals surface area contributed by atoms with Crippen LogP contribution in [0, 0.1) is 0 Å². The molecule has 2 saturated carbocycles. The highest BCUT2D eigenvalue weighted by molar-refractivity contribution is 5.87. The van der Waals surface area contributed by atoms with Gasteiger partial charge in [0.2, 0.25) is 0 Å². The van der Waals surface area contributed by atoms with Crippen LogP contribution in [-0.2, 0) is 25.3 Å². The molecule has 1 aromatic rings. The van der Waals surface area contributed by atoms with Gasteiger partial charge < -0.3 is 14.2 Å². The van der Waals surface area contributed by atoms with Crippen LogP contribution in [0.25, 0.3) is 0 Å². The lowest BCUT2D eigenvalue weighted by Gasteiger charge is -2.41. The Hall–Kier alpha value is -1.55. The zero-order valence-electron chi connectivity index (χ0n) is 13.6. The topological polar surface area (TPSA) is 44.8 Å². The highest BCUT2D eigenvalue weighted by atomic mass is 16.5. The van der Waals surface area contributed by atoms with Gasteiger partial charge in [-0.3, -0.25) is 4.79 Å². The van der Waals surface area contributed by atoms with Gasteiger partial charge in [0, 0.05) is 12.7 Å². The number of carbonyl (C=O) groups is 1. The van der Waals surface area contributed by atoms with E-state index in [1.165, 1.54) is 13.5 Å². The number of rotatable bonds is 6. The van der Waals surface area contributed by atoms with Crippen molar-refractivity contribution < 1.29 is 19.0 Å². The molecule has 0 radical (unpaired) electrons. The first-order chi connectivity index (χ1) is 10.6. The van der Waals surface area contributed by atoms with E-state index in [0.29, 0.717) is 6.61 Å². The van der Waals surface area contributed by atoms with E-state index in [9.17, 15) is 4.79 Å². The third kappa shape index (κ3) is 2.21. The minimum atomic E-state index is -0.520. The van der Waals surface area contributed by atoms with Gasteiger partial charge in [-0.05, 0) is 56.7 Å². The van der Waals surface area contributed by atoms with Gasteiger partial charge in [0.25, 0.3) is 0 Å². The number of benzene rings is 1. The van der Waals surface area contributed by atoms with E-state index in [1.807, 2.05) is 13.0 Å². The fraction of sp³-hybridized carbons (Fsp3) is 0.611. The molecule has 2 fully saturated rings. The molecule has 120 valence electrons. The van der Waals surface area contributed by atoms with Gasteiger partial charge >= 0.3 is 5.97 Å². The number of hydrogen-bond acceptors (Lipinski definition) is 4. The molecule has 4 heteroatoms. The zero-order valence-corrected chi connectivity index (χ0v) is 13.6. The standard InChI is InChI=1S/C18H24O4/c1-4-22-15-7-6-13(18(21-3)8-5-9-18)12-14(15)17(10-11-17)16(19)20-2/h6-7,12H,4-5,8-11H2,1-3H3. The highest BCUT2D eigenvalue weighted by Gasteiger charge is 2.54. The fourth-order valence-electron chi connectivity index (χ4n) is 3.48. The molecule has 0 bridgehead atoms. The summed E-state index contributed by atoms with van der Waals surface area (Å²) < 4.78 is 16.6. The average molecular weight is 304 g/mol. The predicted octanol–water partition coefficient (Wildman–Crippen LogP) is 3.32. The quantitative estimate of drug-likeness (QED) is 0.756. The smallest absolute Gasteiger partial charge is 0.316 e. The van der Waals surface area contributed by atoms with Gasteiger partial charge in [0.05, 0.1) is 24.7 Å². The van der Waals surface area contributed by atoms with E-state index in [0.717, 1.165) is 42.6 Å². The van der Waals surface area contributed by atoms with Crippen molar-refractivity contribution in [1.82, 2.24) is 0 Å². The monoisotopic (exact) mass is 304 g/mol. The molecular formula is C18H24O4. The normalized spacial score (nSPS) is 20.9. The largest absolute Gasteiger partial charge is 0.494 e. The molecule has 3 rings (SSSR count). The van der Waals surface area contributed by atoms with Crippen molar-refractivity contribution in [1.29, 1.82) is 0 Å². The van der Waals surface area contributed by atoms with Crippen LogP contribution in [0.5, 0.6) is 5.75 Å². The molecule has 0 amide bonds. The van der Waals surface area contributed by atoms with Crippen LogP contribution in [0.3, 0.4) is 0 Å². The highest BCUT2D eigenvalue weighted by Crippen LogP contribution is 2.54. The third-order valence-electron chi connectivity index (χ3n) is 5.20. The summed E-state index contributed by atoms with van der Waals surface area (Å²) in [7, 11) is 3.22. The van der Waals surface area contributed by atoms with Crippen molar-refractivity contribution >= 4 is 5.97 Å². The van der Waals surface area contributed by atoms with Crippen molar-refractivity contribution in [3.63, 3.8) is 0 Å². The van der Waals surface area contributed by atoms with E-state index >= 15 is 0 Å². The van der Waals surface area contributed by atoms with Crippen LogP contribution in [0.2, 0.25) is 0 Å². The lowest BCUT2D eigenvalue weighted by Crippen LogP contribution is -2.36. The van der Waals surface area contributed by atoms with Crippen LogP contribution >= 0.6 is 0 Å². The molecule has 0 N–H and O–H groups in total. The second kappa shape index (κ2) is 5.58. The summed E-state index contributed by atoms with van der Waals surface area (Å²) in [6.07, 6.45) is 4.88. The Morgan fingerprint density at radius 2 is 1.91 bits per heavy atom. The fourth-order valence-corrected chi connectivity index (χ4v) is 3.48. The summed E-state index contributed by atoms with van der Waals surface area (Å²) in [6, 6.07) is 6.17. The summed E-state index contributed by atoms with van der Waals surface area (Å²) in [6.45, 7) is 2.54. The molecule has 2 aliphatic rings. The maximum atomic E-state index is 12.3. The average Bonchev–Trinajstić information content (AvgIpc) is 3.29. The Bertz CT molecular complexity index is 565. The second-order valence-corrected chi connectivity index (χ2v) is 6.27. The molecule has 0 aromatic heterocycles. The minimum Gasteiger partial charge on any atom is -0.494 e. The number of ether oxygens (including phenoxy) is 3. The molecule has 0 heterocycles. The molecule has 1 aromatic carbocycles. The second-order valence-electron chi connectivity index (χ2n) is 6.27. The molecule has 0 saturated heterocycles. The Kier molecular flexibility index (Phi) is 3.89. The van der Waals surface area contributed by atoms with Crippen molar-refractivity contribution in [2.24, 2.45) is 0 Å². The SMILES string of the molecule is CCOc1ccc(C2(OC)CCC2)cc1C1(C(=O)OC)CC1. The maximum Gasteiger partial charge on any atom is 0.316 e. The molecule has 0 spiro atoms. The van der Waals surface area contributed by atoms with E-state index in [-0.39, 0.29) is 11.6 Å². The van der Waals surface area contributed by atoms with Gasteiger partial charge in [-0.25, -0.2) is 0 Å².